The Labute approximate surface area is 120 Å². The summed E-state index contributed by atoms with van der Waals surface area (Å²) >= 11 is 0. The first-order chi connectivity index (χ1) is 9.81. The van der Waals surface area contributed by atoms with Gasteiger partial charge in [-0.05, 0) is 42.2 Å². The highest BCUT2D eigenvalue weighted by atomic mass is 19.4. The normalized spacial score (nSPS) is 11.3. The number of aryl methyl sites for hydroxylation is 2. The maximum atomic E-state index is 12.4. The number of ether oxygens (including phenoxy) is 1. The van der Waals surface area contributed by atoms with Crippen molar-refractivity contribution in [1.82, 2.24) is 0 Å². The van der Waals surface area contributed by atoms with E-state index in [1.54, 1.807) is 12.1 Å². The molecule has 0 aliphatic heterocycles. The van der Waals surface area contributed by atoms with Gasteiger partial charge in [-0.1, -0.05) is 30.3 Å². The van der Waals surface area contributed by atoms with Gasteiger partial charge in [0.1, 0.15) is 5.75 Å². The van der Waals surface area contributed by atoms with Crippen LogP contribution in [-0.2, 0) is 0 Å². The molecule has 110 valence electrons. The molecule has 0 fully saturated rings. The monoisotopic (exact) mass is 294 g/mol. The number of aldehydes is 1. The molecule has 0 N–H and O–H groups in total. The average Bonchev–Trinajstić information content (AvgIpc) is 2.40. The first kappa shape index (κ1) is 15.1. The molecule has 2 nitrogen and oxygen atoms in total. The van der Waals surface area contributed by atoms with Crippen molar-refractivity contribution < 1.29 is 22.7 Å². The maximum absolute atomic E-state index is 12.4. The van der Waals surface area contributed by atoms with Gasteiger partial charge in [0.25, 0.3) is 0 Å². The highest BCUT2D eigenvalue weighted by Crippen LogP contribution is 2.33. The second kappa shape index (κ2) is 5.60. The molecule has 0 aliphatic rings. The summed E-state index contributed by atoms with van der Waals surface area (Å²) in [5.41, 5.74) is 3.03. The van der Waals surface area contributed by atoms with Gasteiger partial charge in [-0.15, -0.1) is 13.2 Å². The van der Waals surface area contributed by atoms with Crippen LogP contribution in [0.1, 0.15) is 21.5 Å². The highest BCUT2D eigenvalue weighted by molar-refractivity contribution is 5.91. The molecule has 0 atom stereocenters. The van der Waals surface area contributed by atoms with Crippen molar-refractivity contribution in [2.45, 2.75) is 20.2 Å². The SMILES string of the molecule is Cc1ccc(-c2cccc(OC(F)(F)F)c2C=O)cc1C. The molecule has 0 aliphatic carbocycles. The van der Waals surface area contributed by atoms with Crippen LogP contribution in [0, 0.1) is 13.8 Å². The third-order valence-corrected chi connectivity index (χ3v) is 3.23. The lowest BCUT2D eigenvalue weighted by atomic mass is 9.96. The first-order valence-corrected chi connectivity index (χ1v) is 6.23. The lowest BCUT2D eigenvalue weighted by molar-refractivity contribution is -0.274. The fourth-order valence-corrected chi connectivity index (χ4v) is 2.04. The van der Waals surface area contributed by atoms with Gasteiger partial charge in [-0.25, -0.2) is 0 Å². The lowest BCUT2D eigenvalue weighted by Crippen LogP contribution is -2.18. The zero-order valence-electron chi connectivity index (χ0n) is 11.5. The van der Waals surface area contributed by atoms with E-state index in [0.717, 1.165) is 17.2 Å². The summed E-state index contributed by atoms with van der Waals surface area (Å²) in [7, 11) is 0. The van der Waals surface area contributed by atoms with Crippen molar-refractivity contribution in [2.24, 2.45) is 0 Å². The second-order valence-electron chi connectivity index (χ2n) is 4.68. The Morgan fingerprint density at radius 1 is 1.05 bits per heavy atom. The Morgan fingerprint density at radius 2 is 1.76 bits per heavy atom. The smallest absolute Gasteiger partial charge is 0.405 e. The molecule has 0 amide bonds. The van der Waals surface area contributed by atoms with Gasteiger partial charge in [0.15, 0.2) is 6.29 Å². The summed E-state index contributed by atoms with van der Waals surface area (Å²) in [5, 5.41) is 0. The molecule has 0 unspecified atom stereocenters. The van der Waals surface area contributed by atoms with E-state index >= 15 is 0 Å². The summed E-state index contributed by atoms with van der Waals surface area (Å²) < 4.78 is 41.0. The van der Waals surface area contributed by atoms with Crippen LogP contribution >= 0.6 is 0 Å². The number of benzene rings is 2. The number of alkyl halides is 3. The summed E-state index contributed by atoms with van der Waals surface area (Å²) in [6.45, 7) is 3.83. The molecule has 2 aromatic carbocycles. The third kappa shape index (κ3) is 3.42. The molecule has 0 spiro atoms. The summed E-state index contributed by atoms with van der Waals surface area (Å²) in [5.74, 6) is -0.492. The molecular formula is C16H13F3O2. The van der Waals surface area contributed by atoms with Crippen LogP contribution in [0.25, 0.3) is 11.1 Å². The molecule has 2 rings (SSSR count). The Balaban J connectivity index is 2.56. The van der Waals surface area contributed by atoms with Crippen molar-refractivity contribution in [3.8, 4) is 16.9 Å². The predicted molar refractivity (Wildman–Crippen MR) is 73.4 cm³/mol. The quantitative estimate of drug-likeness (QED) is 0.768. The average molecular weight is 294 g/mol. The molecule has 21 heavy (non-hydrogen) atoms. The van der Waals surface area contributed by atoms with Crippen LogP contribution in [0.2, 0.25) is 0 Å². The van der Waals surface area contributed by atoms with Crippen molar-refractivity contribution >= 4 is 6.29 Å². The van der Waals surface area contributed by atoms with E-state index < -0.39 is 12.1 Å². The Hall–Kier alpha value is -2.30. The number of carbonyl (C=O) groups is 1. The van der Waals surface area contributed by atoms with Gasteiger partial charge >= 0.3 is 6.36 Å². The Bertz CT molecular complexity index is 676. The second-order valence-corrected chi connectivity index (χ2v) is 4.68. The number of rotatable bonds is 3. The van der Waals surface area contributed by atoms with Crippen molar-refractivity contribution in [3.05, 3.63) is 53.1 Å². The summed E-state index contributed by atoms with van der Waals surface area (Å²) in [6.07, 6.45) is -4.45. The van der Waals surface area contributed by atoms with Crippen molar-refractivity contribution in [1.29, 1.82) is 0 Å². The molecule has 0 heterocycles. The van der Waals surface area contributed by atoms with E-state index in [4.69, 9.17) is 0 Å². The van der Waals surface area contributed by atoms with Gasteiger partial charge in [0, 0.05) is 0 Å². The molecule has 5 heteroatoms. The standard InChI is InChI=1S/C16H13F3O2/c1-10-6-7-12(8-11(10)2)13-4-3-5-15(14(13)9-20)21-16(17,18)19/h3-9H,1-2H3. The summed E-state index contributed by atoms with van der Waals surface area (Å²) in [6, 6.07) is 9.60. The molecule has 0 saturated carbocycles. The van der Waals surface area contributed by atoms with Gasteiger partial charge in [-0.2, -0.15) is 0 Å². The highest BCUT2D eigenvalue weighted by Gasteiger charge is 2.32. The number of carbonyl (C=O) groups excluding carboxylic acids is 1. The van der Waals surface area contributed by atoms with Gasteiger partial charge in [0.2, 0.25) is 0 Å². The summed E-state index contributed by atoms with van der Waals surface area (Å²) in [4.78, 5) is 11.2. The fraction of sp³-hybridized carbons (Fsp3) is 0.188. The van der Waals surface area contributed by atoms with E-state index in [1.807, 2.05) is 26.0 Å². The van der Waals surface area contributed by atoms with E-state index in [2.05, 4.69) is 4.74 Å². The molecule has 2 aromatic rings. The minimum Gasteiger partial charge on any atom is -0.405 e. The van der Waals surface area contributed by atoms with Gasteiger partial charge in [-0.3, -0.25) is 4.79 Å². The number of hydrogen-bond acceptors (Lipinski definition) is 2. The lowest BCUT2D eigenvalue weighted by Gasteiger charge is -2.14. The van der Waals surface area contributed by atoms with Gasteiger partial charge in [0.05, 0.1) is 5.56 Å². The molecule has 0 saturated heterocycles. The van der Waals surface area contributed by atoms with Crippen LogP contribution < -0.4 is 4.74 Å². The minimum atomic E-state index is -4.83. The molecule has 0 aromatic heterocycles. The topological polar surface area (TPSA) is 26.3 Å². The van der Waals surface area contributed by atoms with Crippen molar-refractivity contribution in [2.75, 3.05) is 0 Å². The zero-order chi connectivity index (χ0) is 15.6. The van der Waals surface area contributed by atoms with Crippen LogP contribution in [0.3, 0.4) is 0 Å². The van der Waals surface area contributed by atoms with Crippen LogP contribution in [0.15, 0.2) is 36.4 Å². The fourth-order valence-electron chi connectivity index (χ4n) is 2.04. The van der Waals surface area contributed by atoms with E-state index in [9.17, 15) is 18.0 Å². The first-order valence-electron chi connectivity index (χ1n) is 6.23. The van der Waals surface area contributed by atoms with E-state index in [0.29, 0.717) is 17.4 Å². The predicted octanol–water partition coefficient (Wildman–Crippen LogP) is 4.68. The zero-order valence-corrected chi connectivity index (χ0v) is 11.5. The van der Waals surface area contributed by atoms with Crippen LogP contribution in [0.5, 0.6) is 5.75 Å². The van der Waals surface area contributed by atoms with E-state index in [1.165, 1.54) is 6.07 Å². The van der Waals surface area contributed by atoms with Crippen molar-refractivity contribution in [3.63, 3.8) is 0 Å². The van der Waals surface area contributed by atoms with Crippen LogP contribution in [-0.4, -0.2) is 12.6 Å². The number of halogens is 3. The van der Waals surface area contributed by atoms with Gasteiger partial charge < -0.3 is 4.74 Å². The van der Waals surface area contributed by atoms with Crippen LogP contribution in [0.4, 0.5) is 13.2 Å². The number of hydrogen-bond donors (Lipinski definition) is 0. The molecule has 0 bridgehead atoms. The Kier molecular flexibility index (Phi) is 4.02. The third-order valence-electron chi connectivity index (χ3n) is 3.23. The minimum absolute atomic E-state index is 0.113. The molecule has 0 radical (unpaired) electrons. The molecular weight excluding hydrogens is 281 g/mol. The Morgan fingerprint density at radius 3 is 2.33 bits per heavy atom. The largest absolute Gasteiger partial charge is 0.573 e. The van der Waals surface area contributed by atoms with E-state index in [-0.39, 0.29) is 5.56 Å². The maximum Gasteiger partial charge on any atom is 0.573 e.